The minimum absolute atomic E-state index is 0.240. The highest BCUT2D eigenvalue weighted by Crippen LogP contribution is 2.33. The van der Waals surface area contributed by atoms with Crippen LogP contribution in [0.15, 0.2) is 60.8 Å². The monoisotopic (exact) mass is 1350 g/mol. The maximum atomic E-state index is 13.4. The quantitative estimate of drug-likeness (QED) is 0.0199. The summed E-state index contributed by atoms with van der Waals surface area (Å²) in [4.78, 5) is 13.4. The van der Waals surface area contributed by atoms with Gasteiger partial charge in [0.1, 0.15) is 73.2 Å². The van der Waals surface area contributed by atoms with E-state index in [4.69, 9.17) is 28.4 Å². The van der Waals surface area contributed by atoms with Crippen LogP contribution < -0.4 is 5.32 Å². The number of aliphatic hydroxyl groups is 11. The van der Waals surface area contributed by atoms with E-state index in [9.17, 15) is 61.0 Å². The highest BCUT2D eigenvalue weighted by atomic mass is 16.8. The topological polar surface area (TPSA) is 307 Å². The Hall–Kier alpha value is -2.51. The van der Waals surface area contributed by atoms with Gasteiger partial charge in [-0.25, -0.2) is 0 Å². The van der Waals surface area contributed by atoms with E-state index < -0.39 is 124 Å². The summed E-state index contributed by atoms with van der Waals surface area (Å²) < 4.78 is 34.4. The molecule has 12 N–H and O–H groups in total. The van der Waals surface area contributed by atoms with Crippen LogP contribution in [0.25, 0.3) is 0 Å². The summed E-state index contributed by atoms with van der Waals surface area (Å²) in [5.41, 5.74) is 0. The molecule has 3 heterocycles. The smallest absolute Gasteiger partial charge is 0.220 e. The van der Waals surface area contributed by atoms with Crippen LogP contribution in [0.3, 0.4) is 0 Å². The first-order valence-electron chi connectivity index (χ1n) is 38.0. The summed E-state index contributed by atoms with van der Waals surface area (Å²) in [6.45, 7) is 1.70. The van der Waals surface area contributed by atoms with Gasteiger partial charge in [-0.1, -0.05) is 280 Å². The molecule has 3 aliphatic rings. The molecule has 0 radical (unpaired) electrons. The number of nitrogens with one attached hydrogen (secondary N) is 1. The lowest BCUT2D eigenvalue weighted by Crippen LogP contribution is -2.66. The van der Waals surface area contributed by atoms with Crippen molar-refractivity contribution in [2.45, 2.75) is 388 Å². The Morgan fingerprint density at radius 1 is 0.389 bits per heavy atom. The third-order valence-corrected chi connectivity index (χ3v) is 18.9. The van der Waals surface area contributed by atoms with Crippen molar-refractivity contribution in [2.75, 3.05) is 26.4 Å². The highest BCUT2D eigenvalue weighted by molar-refractivity contribution is 5.76. The lowest BCUT2D eigenvalue weighted by atomic mass is 9.96. The molecule has 95 heavy (non-hydrogen) atoms. The van der Waals surface area contributed by atoms with Crippen molar-refractivity contribution in [3.8, 4) is 0 Å². The van der Waals surface area contributed by atoms with Gasteiger partial charge in [-0.15, -0.1) is 0 Å². The first-order chi connectivity index (χ1) is 46.3. The molecule has 3 saturated heterocycles. The average molecular weight is 1350 g/mol. The molecule has 19 heteroatoms. The van der Waals surface area contributed by atoms with E-state index in [1.165, 1.54) is 173 Å². The van der Waals surface area contributed by atoms with Crippen molar-refractivity contribution in [2.24, 2.45) is 0 Å². The Morgan fingerprint density at radius 2 is 0.726 bits per heavy atom. The van der Waals surface area contributed by atoms with E-state index in [2.05, 4.69) is 79.9 Å². The summed E-state index contributed by atoms with van der Waals surface area (Å²) in [7, 11) is 0. The van der Waals surface area contributed by atoms with Crippen molar-refractivity contribution in [1.82, 2.24) is 5.32 Å². The number of carbonyl (C=O) groups excluding carboxylic acids is 1. The molecule has 1 amide bonds. The second-order valence-corrected chi connectivity index (χ2v) is 27.1. The van der Waals surface area contributed by atoms with Crippen LogP contribution in [-0.2, 0) is 33.2 Å². The fourth-order valence-corrected chi connectivity index (χ4v) is 12.8. The predicted octanol–water partition coefficient (Wildman–Crippen LogP) is 11.5. The zero-order chi connectivity index (χ0) is 68.9. The number of unbranched alkanes of at least 4 members (excludes halogenated alkanes) is 33. The molecule has 0 aromatic heterocycles. The lowest BCUT2D eigenvalue weighted by molar-refractivity contribution is -0.379. The van der Waals surface area contributed by atoms with Gasteiger partial charge < -0.3 is 89.9 Å². The van der Waals surface area contributed by atoms with Crippen LogP contribution in [-0.4, -0.2) is 193 Å². The number of amides is 1. The van der Waals surface area contributed by atoms with Gasteiger partial charge in [-0.05, 0) is 57.8 Å². The third-order valence-electron chi connectivity index (χ3n) is 18.9. The van der Waals surface area contributed by atoms with Gasteiger partial charge >= 0.3 is 0 Å². The highest BCUT2D eigenvalue weighted by Gasteiger charge is 2.53. The number of allylic oxidation sites excluding steroid dienone is 10. The number of rotatable bonds is 59. The van der Waals surface area contributed by atoms with E-state index >= 15 is 0 Å². The molecule has 0 saturated carbocycles. The molecule has 19 nitrogen and oxygen atoms in total. The van der Waals surface area contributed by atoms with Crippen LogP contribution in [0.1, 0.15) is 284 Å². The summed E-state index contributed by atoms with van der Waals surface area (Å²) >= 11 is 0. The zero-order valence-corrected chi connectivity index (χ0v) is 58.9. The number of carbonyl (C=O) groups is 1. The summed E-state index contributed by atoms with van der Waals surface area (Å²) in [5.74, 6) is -0.240. The Labute approximate surface area is 573 Å². The normalized spacial score (nSPS) is 27.5. The largest absolute Gasteiger partial charge is 0.394 e. The molecule has 554 valence electrons. The Balaban J connectivity index is 1.30. The van der Waals surface area contributed by atoms with Gasteiger partial charge in [0.05, 0.1) is 38.6 Å². The Morgan fingerprint density at radius 3 is 1.14 bits per heavy atom. The fraction of sp³-hybridized carbons (Fsp3) is 0.855. The first-order valence-corrected chi connectivity index (χ1v) is 38.0. The summed E-state index contributed by atoms with van der Waals surface area (Å²) in [6, 6.07) is -0.886. The molecular weight excluding hydrogens is 1210 g/mol. The minimum Gasteiger partial charge on any atom is -0.394 e. The standard InChI is InChI=1S/C76H137NO18/c1-3-5-7-9-11-13-15-17-18-19-20-21-22-23-24-25-26-27-28-29-30-31-32-33-34-35-36-37-38-39-40-42-44-46-48-50-52-54-64(82)77-59(60(81)53-51-49-47-45-43-41-16-14-12-10-8-6-4-2)58-90-74-70(88)67(85)72(62(56-79)92-74)95-76-71(89)68(86)73(63(57-80)93-76)94-75-69(87)66(84)65(83)61(55-78)91-75/h5,7,11,13,17-18,20-21,23-24,59-63,65-76,78-81,83-89H,3-4,6,8-10,12,14-16,19,22,25-58H2,1-2H3,(H,77,82)/b7-5-,13-11-,18-17-,21-20-,24-23-. The van der Waals surface area contributed by atoms with Crippen LogP contribution in [0, 0.1) is 0 Å². The second-order valence-electron chi connectivity index (χ2n) is 27.1. The molecule has 0 aromatic carbocycles. The maximum Gasteiger partial charge on any atom is 0.220 e. The van der Waals surface area contributed by atoms with E-state index in [0.29, 0.717) is 12.8 Å². The molecule has 3 aliphatic heterocycles. The van der Waals surface area contributed by atoms with E-state index in [1.54, 1.807) is 0 Å². The molecule has 0 spiro atoms. The molecule has 17 atom stereocenters. The molecular formula is C76H137NO18. The predicted molar refractivity (Wildman–Crippen MR) is 374 cm³/mol. The Kier molecular flexibility index (Phi) is 52.2. The molecule has 17 unspecified atom stereocenters. The fourth-order valence-electron chi connectivity index (χ4n) is 12.8. The van der Waals surface area contributed by atoms with Gasteiger partial charge in [-0.2, -0.15) is 0 Å². The van der Waals surface area contributed by atoms with Crippen molar-refractivity contribution < 1.29 is 89.4 Å². The Bertz CT molecular complexity index is 1950. The molecule has 3 fully saturated rings. The maximum absolute atomic E-state index is 13.4. The van der Waals surface area contributed by atoms with Crippen molar-refractivity contribution in [1.29, 1.82) is 0 Å². The second kappa shape index (κ2) is 57.2. The number of hydrogen-bond donors (Lipinski definition) is 12. The zero-order valence-electron chi connectivity index (χ0n) is 58.9. The minimum atomic E-state index is -1.97. The average Bonchev–Trinajstić information content (AvgIpc) is 0.791. The third kappa shape index (κ3) is 38.2. The first kappa shape index (κ1) is 86.7. The van der Waals surface area contributed by atoms with Crippen LogP contribution in [0.5, 0.6) is 0 Å². The van der Waals surface area contributed by atoms with Gasteiger partial charge in [0, 0.05) is 6.42 Å². The van der Waals surface area contributed by atoms with Crippen molar-refractivity contribution >= 4 is 5.91 Å². The molecule has 0 bridgehead atoms. The summed E-state index contributed by atoms with van der Waals surface area (Å²) in [5, 5.41) is 121. The van der Waals surface area contributed by atoms with Gasteiger partial charge in [0.15, 0.2) is 18.9 Å². The molecule has 3 rings (SSSR count). The molecule has 0 aliphatic carbocycles. The summed E-state index contributed by atoms with van der Waals surface area (Å²) in [6.07, 6.45) is 44.7. The number of aliphatic hydroxyl groups excluding tert-OH is 11. The van der Waals surface area contributed by atoms with Crippen LogP contribution in [0.4, 0.5) is 0 Å². The van der Waals surface area contributed by atoms with Crippen LogP contribution >= 0.6 is 0 Å². The van der Waals surface area contributed by atoms with Gasteiger partial charge in [0.25, 0.3) is 0 Å². The molecule has 0 aromatic rings. The van der Waals surface area contributed by atoms with Crippen LogP contribution in [0.2, 0.25) is 0 Å². The van der Waals surface area contributed by atoms with Gasteiger partial charge in [-0.3, -0.25) is 4.79 Å². The number of hydrogen-bond acceptors (Lipinski definition) is 18. The van der Waals surface area contributed by atoms with E-state index in [1.807, 2.05) is 0 Å². The van der Waals surface area contributed by atoms with E-state index in [0.717, 1.165) is 77.0 Å². The van der Waals surface area contributed by atoms with E-state index in [-0.39, 0.29) is 18.9 Å². The number of ether oxygens (including phenoxy) is 6. The lowest BCUT2D eigenvalue weighted by Gasteiger charge is -2.48. The SMILES string of the molecule is CC/C=C\C/C=C\C/C=C\C/C=C\C/C=C\CCCCCCCCCCCCCCCCCCCCCCCC(=O)NC(COC1OC(CO)C(OC2OC(CO)C(OC3OC(CO)C(O)C(O)C3O)C(O)C2O)C(O)C1O)C(O)CCCCCCCCCCCCCCC. The van der Waals surface area contributed by atoms with Crippen molar-refractivity contribution in [3.63, 3.8) is 0 Å². The van der Waals surface area contributed by atoms with Gasteiger partial charge in [0.2, 0.25) is 5.91 Å². The van der Waals surface area contributed by atoms with Crippen molar-refractivity contribution in [3.05, 3.63) is 60.8 Å².